The summed E-state index contributed by atoms with van der Waals surface area (Å²) < 4.78 is 24.5. The lowest BCUT2D eigenvalue weighted by Gasteiger charge is -2.06. The van der Waals surface area contributed by atoms with Gasteiger partial charge in [-0.2, -0.15) is 0 Å². The second-order valence-corrected chi connectivity index (χ2v) is 10.0. The van der Waals surface area contributed by atoms with Crippen molar-refractivity contribution < 1.29 is 13.2 Å². The van der Waals surface area contributed by atoms with Crippen molar-refractivity contribution in [1.29, 1.82) is 0 Å². The van der Waals surface area contributed by atoms with E-state index in [-0.39, 0.29) is 18.2 Å². The van der Waals surface area contributed by atoms with Gasteiger partial charge >= 0.3 is 0 Å². The average molecular weight is 429 g/mol. The highest BCUT2D eigenvalue weighted by Gasteiger charge is 2.15. The molecule has 0 aliphatic rings. The van der Waals surface area contributed by atoms with Gasteiger partial charge in [0.25, 0.3) is 5.91 Å². The van der Waals surface area contributed by atoms with E-state index in [9.17, 15) is 13.2 Å². The molecule has 2 aromatic carbocycles. The van der Waals surface area contributed by atoms with Gasteiger partial charge in [0.15, 0.2) is 9.84 Å². The monoisotopic (exact) mass is 428 g/mol. The van der Waals surface area contributed by atoms with Gasteiger partial charge in [-0.3, -0.25) is 4.79 Å². The second kappa shape index (κ2) is 9.33. The van der Waals surface area contributed by atoms with Crippen LogP contribution in [0.3, 0.4) is 0 Å². The molecule has 1 N–H and O–H groups in total. The number of carbonyl (C=O) groups is 1. The molecule has 0 aliphatic carbocycles. The fourth-order valence-electron chi connectivity index (χ4n) is 2.82. The van der Waals surface area contributed by atoms with E-state index in [4.69, 9.17) is 0 Å². The zero-order valence-corrected chi connectivity index (χ0v) is 18.1. The Kier molecular flexibility index (Phi) is 6.82. The molecule has 0 unspecified atom stereocenters. The van der Waals surface area contributed by atoms with Crippen LogP contribution in [0.15, 0.2) is 64.9 Å². The number of benzene rings is 2. The predicted molar refractivity (Wildman–Crippen MR) is 117 cm³/mol. The molecule has 0 spiro atoms. The van der Waals surface area contributed by atoms with Crippen molar-refractivity contribution in [3.8, 4) is 10.6 Å². The van der Waals surface area contributed by atoms with Crippen molar-refractivity contribution in [3.05, 3.63) is 71.2 Å². The van der Waals surface area contributed by atoms with Gasteiger partial charge in [0.2, 0.25) is 0 Å². The predicted octanol–water partition coefficient (Wildman–Crippen LogP) is 4.53. The molecule has 3 rings (SSSR count). The summed E-state index contributed by atoms with van der Waals surface area (Å²) in [4.78, 5) is 17.0. The third-order valence-corrected chi connectivity index (χ3v) is 7.25. The van der Waals surface area contributed by atoms with E-state index < -0.39 is 9.84 Å². The molecule has 0 bridgehead atoms. The normalized spacial score (nSPS) is 11.6. The molecule has 1 amide bonds. The molecule has 152 valence electrons. The molecule has 0 fully saturated rings. The van der Waals surface area contributed by atoms with E-state index in [0.29, 0.717) is 22.9 Å². The molecule has 3 aromatic rings. The van der Waals surface area contributed by atoms with Gasteiger partial charge in [-0.25, -0.2) is 13.4 Å². The van der Waals surface area contributed by atoms with E-state index in [0.717, 1.165) is 10.6 Å². The molecule has 0 atom stereocenters. The highest BCUT2D eigenvalue weighted by molar-refractivity contribution is 7.91. The minimum absolute atomic E-state index is 0.0121. The Balaban J connectivity index is 1.53. The lowest BCUT2D eigenvalue weighted by Crippen LogP contribution is -2.26. The van der Waals surface area contributed by atoms with Crippen LogP contribution < -0.4 is 5.32 Å². The number of nitrogens with one attached hydrogen (secondary N) is 1. The second-order valence-electron chi connectivity index (χ2n) is 7.06. The van der Waals surface area contributed by atoms with Crippen molar-refractivity contribution in [1.82, 2.24) is 10.3 Å². The molecule has 1 aromatic heterocycles. The van der Waals surface area contributed by atoms with Crippen molar-refractivity contribution in [2.75, 3.05) is 12.3 Å². The summed E-state index contributed by atoms with van der Waals surface area (Å²) in [6.45, 7) is 4.57. The van der Waals surface area contributed by atoms with Crippen molar-refractivity contribution in [3.63, 3.8) is 0 Å². The Bertz CT molecular complexity index is 1060. The first-order valence-electron chi connectivity index (χ1n) is 9.48. The smallest absolute Gasteiger partial charge is 0.270 e. The minimum atomic E-state index is -3.33. The minimum Gasteiger partial charge on any atom is -0.351 e. The first-order chi connectivity index (χ1) is 13.9. The van der Waals surface area contributed by atoms with Crippen molar-refractivity contribution in [2.45, 2.75) is 31.1 Å². The lowest BCUT2D eigenvalue weighted by atomic mass is 10.0. The van der Waals surface area contributed by atoms with Gasteiger partial charge in [-0.1, -0.05) is 56.3 Å². The van der Waals surface area contributed by atoms with Gasteiger partial charge in [0.05, 0.1) is 10.6 Å². The molecular weight excluding hydrogens is 404 g/mol. The van der Waals surface area contributed by atoms with Gasteiger partial charge in [-0.15, -0.1) is 11.3 Å². The summed E-state index contributed by atoms with van der Waals surface area (Å²) in [7, 11) is -3.33. The molecule has 0 radical (unpaired) electrons. The number of hydrogen-bond donors (Lipinski definition) is 1. The number of carbonyl (C=O) groups excluding carboxylic acids is 1. The Morgan fingerprint density at radius 1 is 1.07 bits per heavy atom. The fraction of sp³-hybridized carbons (Fsp3) is 0.273. The molecule has 29 heavy (non-hydrogen) atoms. The van der Waals surface area contributed by atoms with Gasteiger partial charge in [0, 0.05) is 17.5 Å². The largest absolute Gasteiger partial charge is 0.351 e. The molecule has 0 aliphatic heterocycles. The summed E-state index contributed by atoms with van der Waals surface area (Å²) in [5, 5.41) is 5.27. The number of rotatable bonds is 8. The van der Waals surface area contributed by atoms with Gasteiger partial charge in [0.1, 0.15) is 10.7 Å². The van der Waals surface area contributed by atoms with Crippen LogP contribution in [0.25, 0.3) is 10.6 Å². The van der Waals surface area contributed by atoms with E-state index in [1.807, 2.05) is 12.1 Å². The molecular formula is C22H24N2O3S2. The van der Waals surface area contributed by atoms with Crippen LogP contribution >= 0.6 is 11.3 Å². The van der Waals surface area contributed by atoms with E-state index in [1.54, 1.807) is 35.7 Å². The number of sulfone groups is 1. The summed E-state index contributed by atoms with van der Waals surface area (Å²) in [5.74, 6) is 0.165. The number of thiazole rings is 1. The zero-order chi connectivity index (χ0) is 20.9. The highest BCUT2D eigenvalue weighted by Crippen LogP contribution is 2.25. The average Bonchev–Trinajstić information content (AvgIpc) is 3.22. The topological polar surface area (TPSA) is 76.1 Å². The maximum atomic E-state index is 12.3. The van der Waals surface area contributed by atoms with E-state index in [2.05, 4.69) is 36.3 Å². The van der Waals surface area contributed by atoms with Crippen molar-refractivity contribution >= 4 is 27.1 Å². The maximum Gasteiger partial charge on any atom is 0.270 e. The summed E-state index contributed by atoms with van der Waals surface area (Å²) in [5.41, 5.74) is 2.59. The van der Waals surface area contributed by atoms with Crippen molar-refractivity contribution in [2.24, 2.45) is 0 Å². The summed E-state index contributed by atoms with van der Waals surface area (Å²) in [6.07, 6.45) is 0.344. The number of nitrogens with zero attached hydrogens (tertiary/aromatic N) is 1. The van der Waals surface area contributed by atoms with Crippen LogP contribution in [0.5, 0.6) is 0 Å². The Morgan fingerprint density at radius 3 is 2.41 bits per heavy atom. The third-order valence-electron chi connectivity index (χ3n) is 4.54. The quantitative estimate of drug-likeness (QED) is 0.535. The fourth-order valence-corrected chi connectivity index (χ4v) is 4.96. The Morgan fingerprint density at radius 2 is 1.76 bits per heavy atom. The number of aromatic nitrogens is 1. The van der Waals surface area contributed by atoms with E-state index in [1.165, 1.54) is 16.9 Å². The van der Waals surface area contributed by atoms with Crippen LogP contribution in [0, 0.1) is 0 Å². The van der Waals surface area contributed by atoms with Crippen LogP contribution in [0.1, 0.15) is 42.2 Å². The standard InChI is InChI=1S/C22H24N2O3S2/c1-16(2)17-9-11-18(12-10-17)22-24-20(15-28-22)21(25)23-13-6-14-29(26,27)19-7-4-3-5-8-19/h3-5,7-12,15-16H,6,13-14H2,1-2H3,(H,23,25). The summed E-state index contributed by atoms with van der Waals surface area (Å²) >= 11 is 1.42. The highest BCUT2D eigenvalue weighted by atomic mass is 32.2. The first-order valence-corrected chi connectivity index (χ1v) is 12.0. The maximum absolute atomic E-state index is 12.3. The third kappa shape index (κ3) is 5.52. The van der Waals surface area contributed by atoms with Gasteiger partial charge < -0.3 is 5.32 Å². The number of hydrogen-bond acceptors (Lipinski definition) is 5. The number of amides is 1. The van der Waals surface area contributed by atoms with Crippen LogP contribution in [0.4, 0.5) is 0 Å². The lowest BCUT2D eigenvalue weighted by molar-refractivity contribution is 0.0949. The Hall–Kier alpha value is -2.51. The molecule has 0 saturated carbocycles. The van der Waals surface area contributed by atoms with Crippen LogP contribution in [-0.2, 0) is 9.84 Å². The van der Waals surface area contributed by atoms with Crippen LogP contribution in [-0.4, -0.2) is 31.6 Å². The Labute approximate surface area is 175 Å². The summed E-state index contributed by atoms with van der Waals surface area (Å²) in [6, 6.07) is 16.5. The first kappa shape index (κ1) is 21.2. The van der Waals surface area contributed by atoms with Crippen LogP contribution in [0.2, 0.25) is 0 Å². The SMILES string of the molecule is CC(C)c1ccc(-c2nc(C(=O)NCCCS(=O)(=O)c3ccccc3)cs2)cc1. The molecule has 1 heterocycles. The molecule has 7 heteroatoms. The zero-order valence-electron chi connectivity index (χ0n) is 16.5. The molecule has 0 saturated heterocycles. The van der Waals surface area contributed by atoms with Gasteiger partial charge in [-0.05, 0) is 30.0 Å². The van der Waals surface area contributed by atoms with E-state index >= 15 is 0 Å². The molecule has 5 nitrogen and oxygen atoms in total.